The number of nitrogens with zero attached hydrogens (tertiary/aromatic N) is 1. The van der Waals surface area contributed by atoms with Crippen molar-refractivity contribution in [2.24, 2.45) is 0 Å². The Morgan fingerprint density at radius 3 is 2.83 bits per heavy atom. The Morgan fingerprint density at radius 2 is 2.17 bits per heavy atom. The summed E-state index contributed by atoms with van der Waals surface area (Å²) in [6.07, 6.45) is 2.82. The van der Waals surface area contributed by atoms with Crippen molar-refractivity contribution < 1.29 is 9.18 Å². The molecular formula is C15H16FNO. The average Bonchev–Trinajstić information content (AvgIpc) is 2.36. The number of halogens is 1. The lowest BCUT2D eigenvalue weighted by Crippen LogP contribution is -2.01. The number of hydrogen-bond donors (Lipinski definition) is 0. The first-order valence-electron chi connectivity index (χ1n) is 6.22. The molecule has 2 rings (SSSR count). The smallest absolute Gasteiger partial charge is 0.160 e. The maximum atomic E-state index is 13.8. The number of aryl methyl sites for hydroxylation is 1. The second kappa shape index (κ2) is 5.25. The molecule has 0 fully saturated rings. The third kappa shape index (κ3) is 2.40. The zero-order valence-electron chi connectivity index (χ0n) is 10.7. The van der Waals surface area contributed by atoms with Crippen molar-refractivity contribution in [1.82, 2.24) is 4.98 Å². The van der Waals surface area contributed by atoms with E-state index in [0.29, 0.717) is 16.5 Å². The number of carbonyl (C=O) groups excluding carboxylic acids is 1. The van der Waals surface area contributed by atoms with Crippen LogP contribution < -0.4 is 0 Å². The Morgan fingerprint density at radius 1 is 1.39 bits per heavy atom. The molecule has 1 heterocycles. The lowest BCUT2D eigenvalue weighted by atomic mass is 10.0. The number of benzene rings is 1. The molecular weight excluding hydrogens is 229 g/mol. The topological polar surface area (TPSA) is 30.0 Å². The molecule has 3 heteroatoms. The van der Waals surface area contributed by atoms with Gasteiger partial charge in [0.1, 0.15) is 11.3 Å². The second-order valence-electron chi connectivity index (χ2n) is 4.46. The van der Waals surface area contributed by atoms with Crippen LogP contribution in [0.5, 0.6) is 0 Å². The van der Waals surface area contributed by atoms with Crippen molar-refractivity contribution >= 4 is 16.7 Å². The van der Waals surface area contributed by atoms with Crippen LogP contribution in [0.3, 0.4) is 0 Å². The molecule has 0 saturated heterocycles. The minimum atomic E-state index is -0.367. The first kappa shape index (κ1) is 12.7. The van der Waals surface area contributed by atoms with E-state index in [1.807, 2.05) is 0 Å². The van der Waals surface area contributed by atoms with Gasteiger partial charge < -0.3 is 0 Å². The maximum absolute atomic E-state index is 13.8. The molecule has 0 saturated carbocycles. The molecule has 2 aromatic rings. The largest absolute Gasteiger partial charge is 0.294 e. The van der Waals surface area contributed by atoms with Gasteiger partial charge in [-0.05, 0) is 31.9 Å². The SMILES string of the molecule is CCCCc1cc(C(C)=O)c2cccc(F)c2n1. The summed E-state index contributed by atoms with van der Waals surface area (Å²) in [5.41, 5.74) is 1.65. The number of pyridine rings is 1. The highest BCUT2D eigenvalue weighted by atomic mass is 19.1. The van der Waals surface area contributed by atoms with Crippen LogP contribution in [0.1, 0.15) is 42.7 Å². The zero-order chi connectivity index (χ0) is 13.1. The predicted molar refractivity (Wildman–Crippen MR) is 70.3 cm³/mol. The molecule has 1 aromatic carbocycles. The van der Waals surface area contributed by atoms with E-state index in [0.717, 1.165) is 25.0 Å². The highest BCUT2D eigenvalue weighted by Gasteiger charge is 2.11. The molecule has 18 heavy (non-hydrogen) atoms. The van der Waals surface area contributed by atoms with E-state index < -0.39 is 0 Å². The van der Waals surface area contributed by atoms with Gasteiger partial charge in [-0.25, -0.2) is 9.37 Å². The van der Waals surface area contributed by atoms with Crippen LogP contribution in [0.25, 0.3) is 10.9 Å². The maximum Gasteiger partial charge on any atom is 0.160 e. The lowest BCUT2D eigenvalue weighted by Gasteiger charge is -2.07. The number of ketones is 1. The third-order valence-corrected chi connectivity index (χ3v) is 3.01. The minimum absolute atomic E-state index is 0.0502. The summed E-state index contributed by atoms with van der Waals surface area (Å²) in [7, 11) is 0. The molecule has 1 aromatic heterocycles. The average molecular weight is 245 g/mol. The Kier molecular flexibility index (Phi) is 3.70. The van der Waals surface area contributed by atoms with E-state index >= 15 is 0 Å². The van der Waals surface area contributed by atoms with Crippen molar-refractivity contribution in [3.8, 4) is 0 Å². The number of hydrogen-bond acceptors (Lipinski definition) is 2. The summed E-state index contributed by atoms with van der Waals surface area (Å²) >= 11 is 0. The number of aromatic nitrogens is 1. The van der Waals surface area contributed by atoms with Gasteiger partial charge in [0.25, 0.3) is 0 Å². The van der Waals surface area contributed by atoms with Gasteiger partial charge in [-0.15, -0.1) is 0 Å². The monoisotopic (exact) mass is 245 g/mol. The van der Waals surface area contributed by atoms with Crippen LogP contribution >= 0.6 is 0 Å². The summed E-state index contributed by atoms with van der Waals surface area (Å²) in [4.78, 5) is 16.0. The number of fused-ring (bicyclic) bond motifs is 1. The molecule has 0 bridgehead atoms. The second-order valence-corrected chi connectivity index (χ2v) is 4.46. The van der Waals surface area contributed by atoms with E-state index in [1.165, 1.54) is 13.0 Å². The van der Waals surface area contributed by atoms with E-state index in [4.69, 9.17) is 0 Å². The summed E-state index contributed by atoms with van der Waals surface area (Å²) in [5.74, 6) is -0.418. The van der Waals surface area contributed by atoms with Crippen LogP contribution in [0.2, 0.25) is 0 Å². The van der Waals surface area contributed by atoms with Crippen molar-refractivity contribution in [3.05, 3.63) is 41.3 Å². The molecule has 0 aliphatic rings. The molecule has 0 radical (unpaired) electrons. The predicted octanol–water partition coefficient (Wildman–Crippen LogP) is 3.92. The summed E-state index contributed by atoms with van der Waals surface area (Å²) in [6, 6.07) is 6.52. The van der Waals surface area contributed by atoms with Gasteiger partial charge in [-0.1, -0.05) is 25.5 Å². The van der Waals surface area contributed by atoms with Gasteiger partial charge in [0.2, 0.25) is 0 Å². The molecule has 0 amide bonds. The van der Waals surface area contributed by atoms with Crippen molar-refractivity contribution in [2.75, 3.05) is 0 Å². The van der Waals surface area contributed by atoms with Gasteiger partial charge in [0.15, 0.2) is 5.78 Å². The number of Topliss-reactive ketones (excluding diaryl/α,β-unsaturated/α-hetero) is 1. The molecule has 0 N–H and O–H groups in total. The summed E-state index contributed by atoms with van der Waals surface area (Å²) in [5, 5.41) is 0.600. The van der Waals surface area contributed by atoms with Crippen molar-refractivity contribution in [2.45, 2.75) is 33.1 Å². The van der Waals surface area contributed by atoms with Crippen molar-refractivity contribution in [1.29, 1.82) is 0 Å². The zero-order valence-corrected chi connectivity index (χ0v) is 10.7. The Bertz CT molecular complexity index is 592. The quantitative estimate of drug-likeness (QED) is 0.764. The Balaban J connectivity index is 2.63. The Labute approximate surface area is 106 Å². The number of carbonyl (C=O) groups is 1. The van der Waals surface area contributed by atoms with Crippen LogP contribution in [0.15, 0.2) is 24.3 Å². The molecule has 0 aliphatic carbocycles. The summed E-state index contributed by atoms with van der Waals surface area (Å²) in [6.45, 7) is 3.59. The van der Waals surface area contributed by atoms with Gasteiger partial charge in [0.05, 0.1) is 0 Å². The molecule has 2 nitrogen and oxygen atoms in total. The first-order chi connectivity index (χ1) is 8.63. The van der Waals surface area contributed by atoms with E-state index in [2.05, 4.69) is 11.9 Å². The molecule has 94 valence electrons. The third-order valence-electron chi connectivity index (χ3n) is 3.01. The van der Waals surface area contributed by atoms with Gasteiger partial charge in [-0.3, -0.25) is 4.79 Å². The van der Waals surface area contributed by atoms with E-state index in [-0.39, 0.29) is 11.6 Å². The molecule has 0 spiro atoms. The lowest BCUT2D eigenvalue weighted by molar-refractivity contribution is 0.101. The van der Waals surface area contributed by atoms with Gasteiger partial charge >= 0.3 is 0 Å². The fraction of sp³-hybridized carbons (Fsp3) is 0.333. The molecule has 0 atom stereocenters. The minimum Gasteiger partial charge on any atom is -0.294 e. The first-order valence-corrected chi connectivity index (χ1v) is 6.22. The van der Waals surface area contributed by atoms with Gasteiger partial charge in [0, 0.05) is 16.6 Å². The van der Waals surface area contributed by atoms with Crippen molar-refractivity contribution in [3.63, 3.8) is 0 Å². The van der Waals surface area contributed by atoms with E-state index in [9.17, 15) is 9.18 Å². The van der Waals surface area contributed by atoms with Crippen LogP contribution in [0, 0.1) is 5.82 Å². The Hall–Kier alpha value is -1.77. The summed E-state index contributed by atoms with van der Waals surface area (Å²) < 4.78 is 13.8. The van der Waals surface area contributed by atoms with Crippen LogP contribution in [-0.2, 0) is 6.42 Å². The van der Waals surface area contributed by atoms with E-state index in [1.54, 1.807) is 18.2 Å². The normalized spacial score (nSPS) is 10.8. The highest BCUT2D eigenvalue weighted by molar-refractivity contribution is 6.06. The van der Waals surface area contributed by atoms with Gasteiger partial charge in [-0.2, -0.15) is 0 Å². The van der Waals surface area contributed by atoms with Crippen LogP contribution in [0.4, 0.5) is 4.39 Å². The number of rotatable bonds is 4. The number of unbranched alkanes of at least 4 members (excludes halogenated alkanes) is 1. The highest BCUT2D eigenvalue weighted by Crippen LogP contribution is 2.22. The standard InChI is InChI=1S/C15H16FNO/c1-3-4-6-11-9-13(10(2)18)12-7-5-8-14(16)15(12)17-11/h5,7-9H,3-4,6H2,1-2H3. The fourth-order valence-corrected chi connectivity index (χ4v) is 2.04. The number of para-hydroxylation sites is 1. The molecule has 0 aliphatic heterocycles. The fourth-order valence-electron chi connectivity index (χ4n) is 2.04. The van der Waals surface area contributed by atoms with Crippen LogP contribution in [-0.4, -0.2) is 10.8 Å². The molecule has 0 unspecified atom stereocenters.